The summed E-state index contributed by atoms with van der Waals surface area (Å²) in [6.45, 7) is 1.86. The summed E-state index contributed by atoms with van der Waals surface area (Å²) in [5.74, 6) is 0.247. The zero-order chi connectivity index (χ0) is 14.8. The van der Waals surface area contributed by atoms with E-state index in [9.17, 15) is 9.18 Å². The highest BCUT2D eigenvalue weighted by atomic mass is 32.2. The molecule has 3 rings (SSSR count). The fraction of sp³-hybridized carbons (Fsp3) is 0.0667. The van der Waals surface area contributed by atoms with Crippen LogP contribution in [0.25, 0.3) is 11.1 Å². The molecule has 0 amide bonds. The maximum Gasteiger partial charge on any atom is 0.220 e. The van der Waals surface area contributed by atoms with Crippen LogP contribution in [0.3, 0.4) is 0 Å². The molecule has 21 heavy (non-hydrogen) atoms. The molecule has 0 spiro atoms. The molecule has 0 saturated heterocycles. The molecule has 0 saturated carbocycles. The Labute approximate surface area is 128 Å². The lowest BCUT2D eigenvalue weighted by molar-refractivity contribution is 0.112. The Hall–Kier alpha value is -1.92. The number of aryl methyl sites for hydroxylation is 1. The second kappa shape index (κ2) is 5.83. The van der Waals surface area contributed by atoms with Crippen LogP contribution in [-0.4, -0.2) is 11.3 Å². The van der Waals surface area contributed by atoms with Crippen molar-refractivity contribution in [1.82, 2.24) is 4.98 Å². The molecule has 0 fully saturated rings. The summed E-state index contributed by atoms with van der Waals surface area (Å²) >= 11 is 2.79. The van der Waals surface area contributed by atoms with E-state index in [0.717, 1.165) is 21.2 Å². The molecule has 6 heteroatoms. The normalized spacial score (nSPS) is 10.8. The standard InChI is InChI=1S/C15H10FNO2S2/c1-9-13(4-6-19-9)21-15-12(7-10(8-18)20-15)11-3-2-5-17-14(11)16/h2-8H,1H3. The van der Waals surface area contributed by atoms with Crippen molar-refractivity contribution < 1.29 is 13.6 Å². The fourth-order valence-electron chi connectivity index (χ4n) is 1.88. The van der Waals surface area contributed by atoms with Crippen LogP contribution in [0.15, 0.2) is 50.2 Å². The van der Waals surface area contributed by atoms with Crippen molar-refractivity contribution in [3.05, 3.63) is 53.3 Å². The molecule has 0 aliphatic carbocycles. The van der Waals surface area contributed by atoms with Gasteiger partial charge in [-0.25, -0.2) is 4.98 Å². The van der Waals surface area contributed by atoms with E-state index in [1.165, 1.54) is 29.3 Å². The number of hydrogen-bond donors (Lipinski definition) is 0. The van der Waals surface area contributed by atoms with Crippen LogP contribution in [0.1, 0.15) is 15.4 Å². The molecule has 3 aromatic rings. The van der Waals surface area contributed by atoms with Crippen LogP contribution in [0, 0.1) is 12.9 Å². The minimum absolute atomic E-state index is 0.394. The molecule has 0 N–H and O–H groups in total. The third-order valence-corrected chi connectivity index (χ3v) is 5.30. The predicted molar refractivity (Wildman–Crippen MR) is 80.5 cm³/mol. The van der Waals surface area contributed by atoms with Gasteiger partial charge >= 0.3 is 0 Å². The number of aromatic nitrogens is 1. The van der Waals surface area contributed by atoms with Crippen LogP contribution in [0.5, 0.6) is 0 Å². The monoisotopic (exact) mass is 319 g/mol. The number of carbonyl (C=O) groups is 1. The number of rotatable bonds is 4. The van der Waals surface area contributed by atoms with Crippen molar-refractivity contribution in [2.24, 2.45) is 0 Å². The van der Waals surface area contributed by atoms with Gasteiger partial charge in [-0.2, -0.15) is 4.39 Å². The topological polar surface area (TPSA) is 43.1 Å². The first-order valence-corrected chi connectivity index (χ1v) is 7.74. The van der Waals surface area contributed by atoms with Gasteiger partial charge in [-0.3, -0.25) is 4.79 Å². The van der Waals surface area contributed by atoms with E-state index >= 15 is 0 Å². The maximum absolute atomic E-state index is 13.9. The van der Waals surface area contributed by atoms with Gasteiger partial charge in [0.2, 0.25) is 5.95 Å². The number of furan rings is 1. The van der Waals surface area contributed by atoms with Gasteiger partial charge in [0.05, 0.1) is 20.2 Å². The quantitative estimate of drug-likeness (QED) is 0.511. The summed E-state index contributed by atoms with van der Waals surface area (Å²) in [6.07, 6.45) is 3.78. The van der Waals surface area contributed by atoms with Crippen LogP contribution in [0.4, 0.5) is 4.39 Å². The van der Waals surface area contributed by atoms with Crippen LogP contribution >= 0.6 is 23.1 Å². The van der Waals surface area contributed by atoms with Gasteiger partial charge in [0.25, 0.3) is 0 Å². The SMILES string of the molecule is Cc1occc1Sc1sc(C=O)cc1-c1cccnc1F. The third-order valence-electron chi connectivity index (χ3n) is 2.90. The molecule has 3 nitrogen and oxygen atoms in total. The molecule has 3 heterocycles. The molecule has 0 radical (unpaired) electrons. The molecule has 3 aromatic heterocycles. The summed E-state index contributed by atoms with van der Waals surface area (Å²) in [5.41, 5.74) is 1.07. The number of aldehydes is 1. The number of carbonyl (C=O) groups excluding carboxylic acids is 1. The molecule has 0 aliphatic heterocycles. The van der Waals surface area contributed by atoms with Gasteiger partial charge in [-0.15, -0.1) is 11.3 Å². The highest BCUT2D eigenvalue weighted by molar-refractivity contribution is 8.01. The number of thiophene rings is 1. The average Bonchev–Trinajstić information content (AvgIpc) is 3.07. The number of pyridine rings is 1. The van der Waals surface area contributed by atoms with E-state index in [1.807, 2.05) is 13.0 Å². The van der Waals surface area contributed by atoms with Gasteiger partial charge < -0.3 is 4.42 Å². The van der Waals surface area contributed by atoms with Gasteiger partial charge in [-0.1, -0.05) is 11.8 Å². The smallest absolute Gasteiger partial charge is 0.220 e. The van der Waals surface area contributed by atoms with Gasteiger partial charge in [0.1, 0.15) is 5.76 Å². The van der Waals surface area contributed by atoms with E-state index in [-0.39, 0.29) is 0 Å². The number of hydrogen-bond acceptors (Lipinski definition) is 5. The van der Waals surface area contributed by atoms with E-state index in [1.54, 1.807) is 24.5 Å². The second-order valence-corrected chi connectivity index (χ2v) is 6.65. The number of halogens is 1. The Balaban J connectivity index is 2.08. The molecule has 106 valence electrons. The van der Waals surface area contributed by atoms with Crippen molar-refractivity contribution in [2.75, 3.05) is 0 Å². The summed E-state index contributed by atoms with van der Waals surface area (Å²) in [4.78, 5) is 16.2. The van der Waals surface area contributed by atoms with Gasteiger partial charge in [-0.05, 0) is 31.2 Å². The van der Waals surface area contributed by atoms with E-state index in [4.69, 9.17) is 4.42 Å². The van der Waals surface area contributed by atoms with Crippen LogP contribution < -0.4 is 0 Å². The average molecular weight is 319 g/mol. The van der Waals surface area contributed by atoms with Crippen molar-refractivity contribution in [3.63, 3.8) is 0 Å². The van der Waals surface area contributed by atoms with Crippen molar-refractivity contribution in [3.8, 4) is 11.1 Å². The molecule has 0 aliphatic rings. The fourth-order valence-corrected chi connectivity index (χ4v) is 4.12. The molecule has 0 aromatic carbocycles. The zero-order valence-electron chi connectivity index (χ0n) is 11.0. The van der Waals surface area contributed by atoms with E-state index in [2.05, 4.69) is 4.98 Å². The summed E-state index contributed by atoms with van der Waals surface area (Å²) in [5, 5.41) is 0. The lowest BCUT2D eigenvalue weighted by Crippen LogP contribution is -1.87. The number of nitrogens with zero attached hydrogens (tertiary/aromatic N) is 1. The Morgan fingerprint density at radius 2 is 2.24 bits per heavy atom. The first-order valence-electron chi connectivity index (χ1n) is 6.11. The van der Waals surface area contributed by atoms with Crippen LogP contribution in [0.2, 0.25) is 0 Å². The maximum atomic E-state index is 13.9. The largest absolute Gasteiger partial charge is 0.468 e. The summed E-state index contributed by atoms with van der Waals surface area (Å²) in [6, 6.07) is 6.87. The van der Waals surface area contributed by atoms with E-state index in [0.29, 0.717) is 16.0 Å². The molecular formula is C15H10FNO2S2. The first-order chi connectivity index (χ1) is 10.2. The van der Waals surface area contributed by atoms with E-state index < -0.39 is 5.95 Å². The zero-order valence-corrected chi connectivity index (χ0v) is 12.6. The lowest BCUT2D eigenvalue weighted by atomic mass is 10.1. The summed E-state index contributed by atoms with van der Waals surface area (Å²) < 4.78 is 20.0. The Morgan fingerprint density at radius 3 is 2.90 bits per heavy atom. The first kappa shape index (κ1) is 14.0. The second-order valence-electron chi connectivity index (χ2n) is 4.25. The molecule has 0 unspecified atom stereocenters. The van der Waals surface area contributed by atoms with Crippen LogP contribution in [-0.2, 0) is 0 Å². The Kier molecular flexibility index (Phi) is 3.90. The van der Waals surface area contributed by atoms with Crippen molar-refractivity contribution in [2.45, 2.75) is 16.0 Å². The third kappa shape index (κ3) is 2.77. The molecular weight excluding hydrogens is 309 g/mol. The molecule has 0 bridgehead atoms. The minimum Gasteiger partial charge on any atom is -0.468 e. The predicted octanol–water partition coefficient (Wildman–Crippen LogP) is 4.81. The Bertz CT molecular complexity index is 795. The summed E-state index contributed by atoms with van der Waals surface area (Å²) in [7, 11) is 0. The van der Waals surface area contributed by atoms with Crippen molar-refractivity contribution >= 4 is 29.4 Å². The minimum atomic E-state index is -0.543. The van der Waals surface area contributed by atoms with Gasteiger partial charge in [0, 0.05) is 17.3 Å². The van der Waals surface area contributed by atoms with Gasteiger partial charge in [0.15, 0.2) is 6.29 Å². The molecule has 0 atom stereocenters. The Morgan fingerprint density at radius 1 is 1.38 bits per heavy atom. The highest BCUT2D eigenvalue weighted by Crippen LogP contribution is 2.43. The van der Waals surface area contributed by atoms with Crippen molar-refractivity contribution in [1.29, 1.82) is 0 Å². The lowest BCUT2D eigenvalue weighted by Gasteiger charge is -2.03. The highest BCUT2D eigenvalue weighted by Gasteiger charge is 2.17.